The van der Waals surface area contributed by atoms with Crippen molar-refractivity contribution in [3.05, 3.63) is 0 Å². The third kappa shape index (κ3) is 28.6. The van der Waals surface area contributed by atoms with Crippen LogP contribution in [0.2, 0.25) is 0 Å². The van der Waals surface area contributed by atoms with Crippen LogP contribution in [0.25, 0.3) is 0 Å². The van der Waals surface area contributed by atoms with Crippen molar-refractivity contribution in [2.75, 3.05) is 13.2 Å². The molecule has 58 heavy (non-hydrogen) atoms. The number of carbonyl (C=O) groups excluding carboxylic acids is 1. The molecule has 346 valence electrons. The molecule has 10 nitrogen and oxygen atoms in total. The van der Waals surface area contributed by atoms with Crippen molar-refractivity contribution in [1.82, 2.24) is 5.32 Å². The van der Waals surface area contributed by atoms with Gasteiger partial charge in [0, 0.05) is 6.42 Å². The summed E-state index contributed by atoms with van der Waals surface area (Å²) in [5.74, 6) is -0.255. The molecule has 0 aliphatic carbocycles. The van der Waals surface area contributed by atoms with Crippen molar-refractivity contribution in [2.45, 2.75) is 288 Å². The van der Waals surface area contributed by atoms with Gasteiger partial charge in [-0.3, -0.25) is 4.79 Å². The summed E-state index contributed by atoms with van der Waals surface area (Å²) in [6, 6.07) is -0.983. The Balaban J connectivity index is 2.20. The Morgan fingerprint density at radius 1 is 0.534 bits per heavy atom. The number of rotatable bonds is 42. The van der Waals surface area contributed by atoms with E-state index in [2.05, 4.69) is 19.2 Å². The van der Waals surface area contributed by atoms with Gasteiger partial charge in [0.15, 0.2) is 6.29 Å². The Bertz CT molecular complexity index is 895. The molecule has 8 atom stereocenters. The number of carbonyl (C=O) groups is 1. The average Bonchev–Trinajstić information content (AvgIpc) is 3.22. The zero-order chi connectivity index (χ0) is 42.5. The molecule has 0 aromatic heterocycles. The van der Waals surface area contributed by atoms with Crippen molar-refractivity contribution in [2.24, 2.45) is 0 Å². The van der Waals surface area contributed by atoms with E-state index in [9.17, 15) is 35.4 Å². The van der Waals surface area contributed by atoms with Crippen LogP contribution >= 0.6 is 0 Å². The Morgan fingerprint density at radius 2 is 0.897 bits per heavy atom. The number of ether oxygens (including phenoxy) is 2. The van der Waals surface area contributed by atoms with Crippen LogP contribution in [0.5, 0.6) is 0 Å². The minimum atomic E-state index is -1.60. The Kier molecular flexibility index (Phi) is 37.1. The number of amides is 1. The molecule has 0 radical (unpaired) electrons. The number of aliphatic hydroxyl groups excluding tert-OH is 6. The third-order valence-electron chi connectivity index (χ3n) is 12.3. The summed E-state index contributed by atoms with van der Waals surface area (Å²) < 4.78 is 11.1. The Hall–Kier alpha value is -0.850. The van der Waals surface area contributed by atoms with E-state index >= 15 is 0 Å². The third-order valence-corrected chi connectivity index (χ3v) is 12.3. The molecule has 0 saturated carbocycles. The van der Waals surface area contributed by atoms with Gasteiger partial charge in [0.1, 0.15) is 30.5 Å². The van der Waals surface area contributed by atoms with E-state index in [4.69, 9.17) is 9.47 Å². The lowest BCUT2D eigenvalue weighted by Crippen LogP contribution is -2.60. The zero-order valence-corrected chi connectivity index (χ0v) is 37.7. The van der Waals surface area contributed by atoms with Crippen molar-refractivity contribution in [3.8, 4) is 0 Å². The van der Waals surface area contributed by atoms with Crippen LogP contribution in [0.15, 0.2) is 0 Å². The van der Waals surface area contributed by atoms with Gasteiger partial charge in [0.05, 0.1) is 25.4 Å². The van der Waals surface area contributed by atoms with Gasteiger partial charge in [-0.1, -0.05) is 219 Å². The second-order valence-corrected chi connectivity index (χ2v) is 17.8. The smallest absolute Gasteiger partial charge is 0.220 e. The highest BCUT2D eigenvalue weighted by Crippen LogP contribution is 2.23. The van der Waals surface area contributed by atoms with Crippen LogP contribution in [0.3, 0.4) is 0 Å². The van der Waals surface area contributed by atoms with Crippen molar-refractivity contribution in [3.63, 3.8) is 0 Å². The molecule has 0 aromatic carbocycles. The molecule has 0 bridgehead atoms. The minimum Gasteiger partial charge on any atom is -0.394 e. The lowest BCUT2D eigenvalue weighted by atomic mass is 9.98. The van der Waals surface area contributed by atoms with Crippen LogP contribution in [-0.2, 0) is 14.3 Å². The predicted octanol–water partition coefficient (Wildman–Crippen LogP) is 9.70. The van der Waals surface area contributed by atoms with Crippen LogP contribution in [0.1, 0.15) is 239 Å². The second kappa shape index (κ2) is 39.0. The predicted molar refractivity (Wildman–Crippen MR) is 237 cm³/mol. The minimum absolute atomic E-state index is 0.255. The normalized spacial score (nSPS) is 21.3. The number of hydrogen-bond acceptors (Lipinski definition) is 9. The summed E-state index contributed by atoms with van der Waals surface area (Å²) in [6.07, 6.45) is 32.9. The first kappa shape index (κ1) is 55.2. The fourth-order valence-electron chi connectivity index (χ4n) is 8.26. The first-order chi connectivity index (χ1) is 28.3. The highest BCUT2D eigenvalue weighted by atomic mass is 16.7. The fraction of sp³-hybridized carbons (Fsp3) is 0.979. The van der Waals surface area contributed by atoms with E-state index in [1.165, 1.54) is 167 Å². The molecule has 1 aliphatic heterocycles. The zero-order valence-electron chi connectivity index (χ0n) is 37.7. The fourth-order valence-corrected chi connectivity index (χ4v) is 8.26. The van der Waals surface area contributed by atoms with Gasteiger partial charge in [0.25, 0.3) is 0 Å². The van der Waals surface area contributed by atoms with Gasteiger partial charge in [-0.15, -0.1) is 0 Å². The topological polar surface area (TPSA) is 169 Å². The molecule has 10 heteroatoms. The molecule has 1 fully saturated rings. The van der Waals surface area contributed by atoms with Crippen LogP contribution in [0, 0.1) is 0 Å². The van der Waals surface area contributed by atoms with Crippen molar-refractivity contribution >= 4 is 5.91 Å². The summed E-state index contributed by atoms with van der Waals surface area (Å²) in [5.41, 5.74) is 0. The summed E-state index contributed by atoms with van der Waals surface area (Å²) >= 11 is 0. The summed E-state index contributed by atoms with van der Waals surface area (Å²) in [7, 11) is 0. The quantitative estimate of drug-likeness (QED) is 0.0296. The molecule has 7 N–H and O–H groups in total. The number of nitrogens with one attached hydrogen (secondary N) is 1. The molecule has 1 aliphatic rings. The van der Waals surface area contributed by atoms with Gasteiger partial charge in [-0.05, 0) is 12.8 Å². The van der Waals surface area contributed by atoms with Gasteiger partial charge >= 0.3 is 0 Å². The van der Waals surface area contributed by atoms with E-state index in [1.54, 1.807) is 0 Å². The number of aliphatic hydroxyl groups is 6. The lowest BCUT2D eigenvalue weighted by molar-refractivity contribution is -0.303. The lowest BCUT2D eigenvalue weighted by Gasteiger charge is -2.40. The van der Waals surface area contributed by atoms with E-state index in [-0.39, 0.29) is 18.9 Å². The maximum atomic E-state index is 13.0. The maximum Gasteiger partial charge on any atom is 0.220 e. The van der Waals surface area contributed by atoms with Gasteiger partial charge in [0.2, 0.25) is 5.91 Å². The van der Waals surface area contributed by atoms with E-state index in [1.807, 2.05) is 0 Å². The SMILES string of the molecule is CCCCCCCCCCCCCCCCCCCCCCCCCCCC(=O)N[C@@H](CO[C@@H]1O[C@H](CO)[C@@H](O)C(O)C1O)[C@H](O)[C@H](O)CCCCCCCCCC. The Labute approximate surface area is 356 Å². The summed E-state index contributed by atoms with van der Waals surface area (Å²) in [5, 5.41) is 65.0. The first-order valence-corrected chi connectivity index (χ1v) is 24.8. The molecule has 1 rings (SSSR count). The van der Waals surface area contributed by atoms with E-state index < -0.39 is 55.6 Å². The average molecular weight is 830 g/mol. The van der Waals surface area contributed by atoms with Gasteiger partial charge < -0.3 is 45.4 Å². The van der Waals surface area contributed by atoms with Gasteiger partial charge in [-0.2, -0.15) is 0 Å². The number of unbranched alkanes of at least 4 members (excludes halogenated alkanes) is 31. The molecule has 1 amide bonds. The highest BCUT2D eigenvalue weighted by molar-refractivity contribution is 5.76. The maximum absolute atomic E-state index is 13.0. The molecule has 0 spiro atoms. The molecular formula is C48H95NO9. The van der Waals surface area contributed by atoms with Crippen LogP contribution in [-0.4, -0.2) is 98.7 Å². The molecule has 1 saturated heterocycles. The molecule has 1 heterocycles. The summed E-state index contributed by atoms with van der Waals surface area (Å²) in [6.45, 7) is 3.59. The standard InChI is InChI=1S/C48H95NO9/c1-3-5-7-9-11-13-14-15-16-17-18-19-20-21-22-23-24-25-26-27-28-29-31-33-35-37-43(52)49-40(39-57-48-47(56)46(55)45(54)42(38-50)58-48)44(53)41(51)36-34-32-30-12-10-8-6-4-2/h40-42,44-48,50-51,53-56H,3-39H2,1-2H3,(H,49,52)/t40-,41+,42+,44-,45+,46?,47?,48+/m0/s1. The second-order valence-electron chi connectivity index (χ2n) is 17.8. The van der Waals surface area contributed by atoms with Gasteiger partial charge in [-0.25, -0.2) is 0 Å². The van der Waals surface area contributed by atoms with E-state index in [0.29, 0.717) is 6.42 Å². The molecule has 2 unspecified atom stereocenters. The van der Waals surface area contributed by atoms with Crippen LogP contribution < -0.4 is 5.32 Å². The Morgan fingerprint density at radius 3 is 1.28 bits per heavy atom. The van der Waals surface area contributed by atoms with Crippen molar-refractivity contribution in [1.29, 1.82) is 0 Å². The van der Waals surface area contributed by atoms with Crippen LogP contribution in [0.4, 0.5) is 0 Å². The largest absolute Gasteiger partial charge is 0.394 e. The number of hydrogen-bond donors (Lipinski definition) is 7. The first-order valence-electron chi connectivity index (χ1n) is 24.8. The van der Waals surface area contributed by atoms with E-state index in [0.717, 1.165) is 44.9 Å². The molecule has 0 aromatic rings. The van der Waals surface area contributed by atoms with Crippen molar-refractivity contribution < 1.29 is 44.9 Å². The monoisotopic (exact) mass is 830 g/mol. The molecular weight excluding hydrogens is 735 g/mol. The highest BCUT2D eigenvalue weighted by Gasteiger charge is 2.44. The summed E-state index contributed by atoms with van der Waals surface area (Å²) in [4.78, 5) is 13.0.